The van der Waals surface area contributed by atoms with Crippen molar-refractivity contribution in [2.24, 2.45) is 10.9 Å². The molecule has 2 nitrogen and oxygen atoms in total. The van der Waals surface area contributed by atoms with Crippen molar-refractivity contribution in [1.29, 1.82) is 0 Å². The van der Waals surface area contributed by atoms with Crippen molar-refractivity contribution in [3.05, 3.63) is 0 Å². The first-order valence-corrected chi connectivity index (χ1v) is 1.98. The van der Waals surface area contributed by atoms with Crippen LogP contribution in [0.15, 0.2) is 0 Å². The molecule has 0 amide bonds. The summed E-state index contributed by atoms with van der Waals surface area (Å²) in [6, 6.07) is 0. The number of hydrogen-bond acceptors (Lipinski definition) is 3. The Balaban J connectivity index is 1.97. The Morgan fingerprint density at radius 1 is 1.75 bits per heavy atom. The highest BCUT2D eigenvalue weighted by atomic mass is 32.2. The zero-order valence-electron chi connectivity index (χ0n) is 2.27. The number of rotatable bonds is 1. The van der Waals surface area contributed by atoms with Crippen molar-refractivity contribution in [2.45, 2.75) is 0 Å². The molecule has 0 aromatic carbocycles. The van der Waals surface area contributed by atoms with E-state index in [0.717, 1.165) is 11.9 Å². The van der Waals surface area contributed by atoms with Gasteiger partial charge in [-0.2, -0.15) is 0 Å². The summed E-state index contributed by atoms with van der Waals surface area (Å²) in [6.45, 7) is 0. The molecule has 3 heteroatoms. The van der Waals surface area contributed by atoms with Crippen molar-refractivity contribution in [2.75, 3.05) is 5.88 Å². The zero-order chi connectivity index (χ0) is 3.41. The first kappa shape index (κ1) is 4.27. The second kappa shape index (κ2) is 3.27. The molecule has 0 rings (SSSR count). The van der Waals surface area contributed by atoms with Crippen molar-refractivity contribution in [1.82, 2.24) is 0 Å². The van der Waals surface area contributed by atoms with E-state index in [1.807, 2.05) is 0 Å². The van der Waals surface area contributed by atoms with Crippen molar-refractivity contribution >= 4 is 11.9 Å². The summed E-state index contributed by atoms with van der Waals surface area (Å²) in [4.78, 5) is 0. The van der Waals surface area contributed by atoms with Gasteiger partial charge in [0, 0.05) is 0 Å². The molecule has 0 saturated heterocycles. The third-order valence-corrected chi connectivity index (χ3v) is 0.289. The van der Waals surface area contributed by atoms with Crippen LogP contribution in [0.25, 0.3) is 0 Å². The number of nitrogens with two attached hydrogens (primary N) is 2. The van der Waals surface area contributed by atoms with E-state index in [4.69, 9.17) is 10.9 Å². The summed E-state index contributed by atoms with van der Waals surface area (Å²) < 4.78 is 0. The molecule has 0 unspecified atom stereocenters. The maximum atomic E-state index is 4.87. The molecule has 0 aliphatic heterocycles. The van der Waals surface area contributed by atoms with Gasteiger partial charge in [0.25, 0.3) is 0 Å². The molecule has 0 fully saturated rings. The molecular weight excluding hydrogens is 72.1 g/mol. The van der Waals surface area contributed by atoms with Gasteiger partial charge in [0.15, 0.2) is 0 Å². The van der Waals surface area contributed by atoms with Gasteiger partial charge < -0.3 is 5.73 Å². The standard InChI is InChI=1S/CH6N2S/c2-1-4-3/h1-3H2. The van der Waals surface area contributed by atoms with Gasteiger partial charge in [-0.25, -0.2) is 0 Å². The minimum atomic E-state index is 0.514. The van der Waals surface area contributed by atoms with Crippen LogP contribution in [0.1, 0.15) is 0 Å². The van der Waals surface area contributed by atoms with Crippen molar-refractivity contribution in [3.63, 3.8) is 0 Å². The average Bonchev–Trinajstić information content (AvgIpc) is 1.37. The first-order chi connectivity index (χ1) is 1.91. The van der Waals surface area contributed by atoms with E-state index in [1.165, 1.54) is 0 Å². The third-order valence-electron chi connectivity index (χ3n) is 0.0962. The quantitative estimate of drug-likeness (QED) is 0.328. The predicted molar refractivity (Wildman–Crippen MR) is 20.8 cm³/mol. The van der Waals surface area contributed by atoms with E-state index in [9.17, 15) is 0 Å². The lowest BCUT2D eigenvalue weighted by molar-refractivity contribution is 1.40. The van der Waals surface area contributed by atoms with Crippen LogP contribution in [0.4, 0.5) is 0 Å². The van der Waals surface area contributed by atoms with Crippen LogP contribution in [-0.2, 0) is 0 Å². The third kappa shape index (κ3) is 2.27. The van der Waals surface area contributed by atoms with Crippen LogP contribution in [0, 0.1) is 0 Å². The highest BCUT2D eigenvalue weighted by Crippen LogP contribution is 1.68. The molecule has 0 aliphatic rings. The van der Waals surface area contributed by atoms with E-state index >= 15 is 0 Å². The minimum Gasteiger partial charge on any atom is -0.321 e. The van der Waals surface area contributed by atoms with Gasteiger partial charge in [0.05, 0.1) is 5.88 Å². The van der Waals surface area contributed by atoms with Crippen LogP contribution in [0.3, 0.4) is 0 Å². The average molecular weight is 78.1 g/mol. The fourth-order valence-electron chi connectivity index (χ4n) is 0. The summed E-state index contributed by atoms with van der Waals surface area (Å²) in [6.07, 6.45) is 0. The van der Waals surface area contributed by atoms with Gasteiger partial charge in [-0.15, -0.1) is 0 Å². The predicted octanol–water partition coefficient (Wildman–Crippen LogP) is -0.490. The number of hydrogen-bond donors (Lipinski definition) is 2. The second-order valence-corrected chi connectivity index (χ2v) is 1.00. The van der Waals surface area contributed by atoms with Crippen molar-refractivity contribution in [3.8, 4) is 0 Å². The fraction of sp³-hybridized carbons (Fsp3) is 1.00. The molecule has 4 heavy (non-hydrogen) atoms. The molecule has 4 N–H and O–H groups in total. The van der Waals surface area contributed by atoms with E-state index in [1.54, 1.807) is 0 Å². The molecule has 0 aliphatic carbocycles. The van der Waals surface area contributed by atoms with Crippen LogP contribution < -0.4 is 10.9 Å². The molecule has 0 saturated carbocycles. The van der Waals surface area contributed by atoms with Crippen molar-refractivity contribution < 1.29 is 0 Å². The Labute approximate surface area is 29.7 Å². The Morgan fingerprint density at radius 2 is 2.00 bits per heavy atom. The van der Waals surface area contributed by atoms with Gasteiger partial charge in [0.2, 0.25) is 0 Å². The Hall–Kier alpha value is 0.270. The molecule has 26 valence electrons. The maximum absolute atomic E-state index is 4.87. The van der Waals surface area contributed by atoms with Gasteiger partial charge in [0.1, 0.15) is 0 Å². The Morgan fingerprint density at radius 3 is 2.00 bits per heavy atom. The first-order valence-electron chi connectivity index (χ1n) is 0.933. The van der Waals surface area contributed by atoms with Gasteiger partial charge in [-0.05, 0) is 0 Å². The summed E-state index contributed by atoms with van der Waals surface area (Å²) in [5.41, 5.74) is 4.87. The molecule has 0 aromatic rings. The van der Waals surface area contributed by atoms with Crippen LogP contribution >= 0.6 is 11.9 Å². The molecule has 0 atom stereocenters. The van der Waals surface area contributed by atoms with Gasteiger partial charge >= 0.3 is 0 Å². The lowest BCUT2D eigenvalue weighted by Crippen LogP contribution is -1.94. The molecule has 0 bridgehead atoms. The molecule has 0 aromatic heterocycles. The van der Waals surface area contributed by atoms with E-state index in [-0.39, 0.29) is 0 Å². The molecule has 0 heterocycles. The largest absolute Gasteiger partial charge is 0.321 e. The summed E-state index contributed by atoms with van der Waals surface area (Å²) in [5.74, 6) is 0.514. The lowest BCUT2D eigenvalue weighted by atomic mass is 11.6. The monoisotopic (exact) mass is 78.0 g/mol. The topological polar surface area (TPSA) is 52.0 Å². The van der Waals surface area contributed by atoms with E-state index < -0.39 is 0 Å². The molecular formula is CH6N2S. The molecule has 0 spiro atoms. The Bertz CT molecular complexity index is 8.00. The normalized spacial score (nSPS) is 7.50. The highest BCUT2D eigenvalue weighted by Gasteiger charge is 1.54. The highest BCUT2D eigenvalue weighted by molar-refractivity contribution is 7.97. The lowest BCUT2D eigenvalue weighted by Gasteiger charge is -1.71. The zero-order valence-corrected chi connectivity index (χ0v) is 3.09. The van der Waals surface area contributed by atoms with E-state index in [0.29, 0.717) is 5.88 Å². The minimum absolute atomic E-state index is 0.514. The maximum Gasteiger partial charge on any atom is 0.0538 e. The van der Waals surface area contributed by atoms with Crippen LogP contribution in [-0.4, -0.2) is 5.88 Å². The second-order valence-electron chi connectivity index (χ2n) is 0.333. The van der Waals surface area contributed by atoms with Gasteiger partial charge in [-0.3, -0.25) is 5.14 Å². The van der Waals surface area contributed by atoms with Crippen LogP contribution in [0.2, 0.25) is 0 Å². The fourth-order valence-corrected chi connectivity index (χ4v) is 0. The SMILES string of the molecule is NCSN. The smallest absolute Gasteiger partial charge is 0.0538 e. The van der Waals surface area contributed by atoms with E-state index in [2.05, 4.69) is 0 Å². The van der Waals surface area contributed by atoms with Gasteiger partial charge in [-0.1, -0.05) is 11.9 Å². The Kier molecular flexibility index (Phi) is 3.49. The van der Waals surface area contributed by atoms with Crippen LogP contribution in [0.5, 0.6) is 0 Å². The summed E-state index contributed by atoms with van der Waals surface area (Å²) in [7, 11) is 0. The summed E-state index contributed by atoms with van der Waals surface area (Å²) >= 11 is 1.13. The molecule has 0 radical (unpaired) electrons. The summed E-state index contributed by atoms with van der Waals surface area (Å²) in [5, 5.41) is 4.82.